The highest BCUT2D eigenvalue weighted by Crippen LogP contribution is 2.42. The van der Waals surface area contributed by atoms with Crippen LogP contribution in [-0.2, 0) is 11.3 Å². The van der Waals surface area contributed by atoms with E-state index in [1.54, 1.807) is 11.8 Å². The van der Waals surface area contributed by atoms with E-state index in [9.17, 15) is 10.1 Å². The highest BCUT2D eigenvalue weighted by Gasteiger charge is 2.43. The molecule has 0 bridgehead atoms. The maximum atomic E-state index is 14.0. The average Bonchev–Trinajstić information content (AvgIpc) is 3.46. The van der Waals surface area contributed by atoms with Crippen molar-refractivity contribution >= 4 is 40.3 Å². The molecular weight excluding hydrogens is 500 g/mol. The number of anilines is 1. The van der Waals surface area contributed by atoms with Crippen LogP contribution in [0.1, 0.15) is 49.3 Å². The summed E-state index contributed by atoms with van der Waals surface area (Å²) in [6, 6.07) is 28.7. The van der Waals surface area contributed by atoms with Crippen molar-refractivity contribution < 1.29 is 4.79 Å². The first-order valence-corrected chi connectivity index (χ1v) is 14.6. The van der Waals surface area contributed by atoms with Crippen molar-refractivity contribution in [3.05, 3.63) is 107 Å². The highest BCUT2D eigenvalue weighted by atomic mass is 32.2. The average molecular weight is 533 g/mol. The van der Waals surface area contributed by atoms with Gasteiger partial charge in [0.15, 0.2) is 5.50 Å². The van der Waals surface area contributed by atoms with Gasteiger partial charge in [0.25, 0.3) is 5.91 Å². The number of fused-ring (bicyclic) bond motifs is 1. The van der Waals surface area contributed by atoms with Crippen molar-refractivity contribution in [1.29, 1.82) is 5.26 Å². The molecule has 1 saturated carbocycles. The largest absolute Gasteiger partial charge is 0.356 e. The summed E-state index contributed by atoms with van der Waals surface area (Å²) >= 11 is 1.61. The third kappa shape index (κ3) is 5.07. The Morgan fingerprint density at radius 2 is 1.74 bits per heavy atom. The first-order chi connectivity index (χ1) is 19.1. The number of aromatic nitrogens is 1. The molecule has 6 heteroatoms. The third-order valence-corrected chi connectivity index (χ3v) is 9.12. The zero-order valence-corrected chi connectivity index (χ0v) is 22.9. The lowest BCUT2D eigenvalue weighted by Gasteiger charge is -2.39. The van der Waals surface area contributed by atoms with E-state index in [1.807, 2.05) is 54.6 Å². The summed E-state index contributed by atoms with van der Waals surface area (Å²) in [5, 5.41) is 14.3. The van der Waals surface area contributed by atoms with Gasteiger partial charge in [0, 0.05) is 40.9 Å². The standard InChI is InChI=1S/C33H32N4OS/c1-23-11-5-9-17-29(23)37-32(38)31(39-33(37)35-27-14-3-2-4-15-27)19-26-22-36(30-18-10-8-16-28(26)30)21-25-13-7-6-12-24(25)20-34/h2-4,6-8,10,12-16,18-19,22-23,29,33,35H,5,9,11,17,21H2,1H3/b31-19-/t23-,29-,33?/m0/s1. The fourth-order valence-corrected chi connectivity index (χ4v) is 7.18. The fraction of sp³-hybridized carbons (Fsp3) is 0.273. The Balaban J connectivity index is 1.37. The topological polar surface area (TPSA) is 61.1 Å². The Bertz CT molecular complexity index is 1570. The first-order valence-electron chi connectivity index (χ1n) is 13.7. The molecule has 1 N–H and O–H groups in total. The molecule has 196 valence electrons. The van der Waals surface area contributed by atoms with Crippen LogP contribution in [0, 0.1) is 17.2 Å². The lowest BCUT2D eigenvalue weighted by Crippen LogP contribution is -2.48. The van der Waals surface area contributed by atoms with E-state index in [4.69, 9.17) is 0 Å². The molecule has 4 aromatic rings. The monoisotopic (exact) mass is 532 g/mol. The summed E-state index contributed by atoms with van der Waals surface area (Å²) in [5.74, 6) is 0.587. The van der Waals surface area contributed by atoms with Gasteiger partial charge in [0.2, 0.25) is 0 Å². The van der Waals surface area contributed by atoms with E-state index in [-0.39, 0.29) is 17.4 Å². The van der Waals surface area contributed by atoms with Crippen molar-refractivity contribution in [2.45, 2.75) is 50.7 Å². The van der Waals surface area contributed by atoms with E-state index in [0.29, 0.717) is 18.0 Å². The van der Waals surface area contributed by atoms with E-state index in [0.717, 1.165) is 51.9 Å². The lowest BCUT2D eigenvalue weighted by atomic mass is 9.85. The van der Waals surface area contributed by atoms with Gasteiger partial charge in [-0.25, -0.2) is 0 Å². The maximum Gasteiger partial charge on any atom is 0.262 e. The van der Waals surface area contributed by atoms with Crippen LogP contribution in [0.3, 0.4) is 0 Å². The minimum Gasteiger partial charge on any atom is -0.356 e. The van der Waals surface area contributed by atoms with Crippen LogP contribution in [0.2, 0.25) is 0 Å². The van der Waals surface area contributed by atoms with Crippen LogP contribution >= 0.6 is 11.8 Å². The smallest absolute Gasteiger partial charge is 0.262 e. The third-order valence-electron chi connectivity index (χ3n) is 8.01. The number of nitrogens with one attached hydrogen (secondary N) is 1. The number of rotatable bonds is 6. The number of hydrogen-bond acceptors (Lipinski definition) is 4. The molecule has 1 aliphatic heterocycles. The normalized spacial score (nSPS) is 22.4. The Hall–Kier alpha value is -3.95. The Kier molecular flexibility index (Phi) is 7.17. The summed E-state index contributed by atoms with van der Waals surface area (Å²) in [6.07, 6.45) is 8.79. The molecule has 1 aliphatic carbocycles. The van der Waals surface area contributed by atoms with Gasteiger partial charge in [0.05, 0.1) is 16.5 Å². The molecule has 2 heterocycles. The van der Waals surface area contributed by atoms with Gasteiger partial charge in [-0.05, 0) is 54.7 Å². The number of carbonyl (C=O) groups is 1. The van der Waals surface area contributed by atoms with Gasteiger partial charge in [-0.2, -0.15) is 5.26 Å². The number of hydrogen-bond donors (Lipinski definition) is 1. The van der Waals surface area contributed by atoms with Crippen molar-refractivity contribution in [3.8, 4) is 6.07 Å². The zero-order valence-electron chi connectivity index (χ0n) is 22.1. The zero-order chi connectivity index (χ0) is 26.8. The fourth-order valence-electron chi connectivity index (χ4n) is 5.98. The van der Waals surface area contributed by atoms with Gasteiger partial charge < -0.3 is 14.8 Å². The Morgan fingerprint density at radius 1 is 1.00 bits per heavy atom. The molecule has 1 amide bonds. The van der Waals surface area contributed by atoms with Crippen molar-refractivity contribution in [1.82, 2.24) is 9.47 Å². The molecule has 3 atom stereocenters. The quantitative estimate of drug-likeness (QED) is 0.262. The molecule has 0 spiro atoms. The first kappa shape index (κ1) is 25.3. The van der Waals surface area contributed by atoms with Crippen molar-refractivity contribution in [3.63, 3.8) is 0 Å². The summed E-state index contributed by atoms with van der Waals surface area (Å²) in [7, 11) is 0. The molecule has 1 unspecified atom stereocenters. The van der Waals surface area contributed by atoms with Crippen LogP contribution in [-0.4, -0.2) is 26.9 Å². The summed E-state index contributed by atoms with van der Waals surface area (Å²) in [4.78, 5) is 16.9. The van der Waals surface area contributed by atoms with Crippen molar-refractivity contribution in [2.24, 2.45) is 5.92 Å². The van der Waals surface area contributed by atoms with Gasteiger partial charge >= 0.3 is 0 Å². The maximum absolute atomic E-state index is 14.0. The number of nitrogens with zero attached hydrogens (tertiary/aromatic N) is 3. The minimum absolute atomic E-state index is 0.110. The Morgan fingerprint density at radius 3 is 2.56 bits per heavy atom. The van der Waals surface area contributed by atoms with E-state index in [1.165, 1.54) is 6.42 Å². The van der Waals surface area contributed by atoms with Crippen LogP contribution in [0.25, 0.3) is 17.0 Å². The molecule has 3 aromatic carbocycles. The summed E-state index contributed by atoms with van der Waals surface area (Å²) in [6.45, 7) is 2.88. The van der Waals surface area contributed by atoms with E-state index in [2.05, 4.69) is 64.3 Å². The lowest BCUT2D eigenvalue weighted by molar-refractivity contribution is -0.129. The molecule has 6 rings (SSSR count). The number of benzene rings is 3. The number of nitriles is 1. The number of thioether (sulfide) groups is 1. The SMILES string of the molecule is C[C@H]1CCCC[C@@H]1N1C(=O)/C(=C/c2cn(Cc3ccccc3C#N)c3ccccc23)SC1Nc1ccccc1. The second-order valence-electron chi connectivity index (χ2n) is 10.5. The summed E-state index contributed by atoms with van der Waals surface area (Å²) in [5.41, 5.74) is 4.65. The van der Waals surface area contributed by atoms with Crippen molar-refractivity contribution in [2.75, 3.05) is 5.32 Å². The van der Waals surface area contributed by atoms with Crippen LogP contribution in [0.4, 0.5) is 5.69 Å². The second-order valence-corrected chi connectivity index (χ2v) is 11.7. The number of para-hydroxylation sites is 2. The molecule has 0 radical (unpaired) electrons. The number of carbonyl (C=O) groups excluding carboxylic acids is 1. The molecule has 2 aliphatic rings. The molecule has 2 fully saturated rings. The molecule has 1 aromatic heterocycles. The molecule has 1 saturated heterocycles. The van der Waals surface area contributed by atoms with Gasteiger partial charge in [-0.3, -0.25) is 4.79 Å². The van der Waals surface area contributed by atoms with Crippen LogP contribution < -0.4 is 5.32 Å². The highest BCUT2D eigenvalue weighted by molar-refractivity contribution is 8.05. The van der Waals surface area contributed by atoms with E-state index < -0.39 is 0 Å². The van der Waals surface area contributed by atoms with Gasteiger partial charge in [-0.15, -0.1) is 0 Å². The summed E-state index contributed by atoms with van der Waals surface area (Å²) < 4.78 is 2.18. The predicted molar refractivity (Wildman–Crippen MR) is 160 cm³/mol. The molecule has 39 heavy (non-hydrogen) atoms. The Labute approximate surface area is 234 Å². The second kappa shape index (κ2) is 11.0. The molecule has 5 nitrogen and oxygen atoms in total. The van der Waals surface area contributed by atoms with Crippen LogP contribution in [0.15, 0.2) is 90.0 Å². The van der Waals surface area contributed by atoms with Gasteiger partial charge in [-0.1, -0.05) is 86.1 Å². The van der Waals surface area contributed by atoms with Gasteiger partial charge in [0.1, 0.15) is 0 Å². The van der Waals surface area contributed by atoms with E-state index >= 15 is 0 Å². The molecular formula is C33H32N4OS. The number of amides is 1. The van der Waals surface area contributed by atoms with Crippen LogP contribution in [0.5, 0.6) is 0 Å². The predicted octanol–water partition coefficient (Wildman–Crippen LogP) is 7.45. The minimum atomic E-state index is -0.146.